The van der Waals surface area contributed by atoms with Crippen LogP contribution in [-0.2, 0) is 10.0 Å². The van der Waals surface area contributed by atoms with E-state index in [4.69, 9.17) is 11.6 Å². The van der Waals surface area contributed by atoms with E-state index in [0.29, 0.717) is 12.4 Å². The number of hydrogen-bond acceptors (Lipinski definition) is 2. The first-order chi connectivity index (χ1) is 7.53. The van der Waals surface area contributed by atoms with Crippen molar-refractivity contribution in [2.24, 2.45) is 0 Å². The van der Waals surface area contributed by atoms with E-state index in [2.05, 4.69) is 0 Å². The number of halogens is 1. The second kappa shape index (κ2) is 8.31. The lowest BCUT2D eigenvalue weighted by molar-refractivity contribution is 0.316. The molecule has 0 spiro atoms. The van der Waals surface area contributed by atoms with E-state index < -0.39 is 10.0 Å². The van der Waals surface area contributed by atoms with Gasteiger partial charge in [0.25, 0.3) is 0 Å². The van der Waals surface area contributed by atoms with Crippen molar-refractivity contribution in [2.75, 3.05) is 18.2 Å². The molecule has 0 unspecified atom stereocenters. The van der Waals surface area contributed by atoms with E-state index in [0.717, 1.165) is 25.7 Å². The van der Waals surface area contributed by atoms with Crippen LogP contribution in [-0.4, -0.2) is 36.9 Å². The van der Waals surface area contributed by atoms with E-state index in [-0.39, 0.29) is 11.8 Å². The molecule has 3 nitrogen and oxygen atoms in total. The Labute approximate surface area is 105 Å². The summed E-state index contributed by atoms with van der Waals surface area (Å²) in [5, 5.41) is 0. The molecule has 0 rings (SSSR count). The molecule has 0 aliphatic carbocycles. The zero-order valence-corrected chi connectivity index (χ0v) is 12.1. The summed E-state index contributed by atoms with van der Waals surface area (Å²) in [6, 6.07) is 0.0978. The molecule has 0 aromatic carbocycles. The van der Waals surface area contributed by atoms with Crippen LogP contribution in [0.15, 0.2) is 0 Å². The molecule has 0 aromatic rings. The van der Waals surface area contributed by atoms with Gasteiger partial charge in [-0.05, 0) is 19.3 Å². The molecule has 16 heavy (non-hydrogen) atoms. The molecule has 0 saturated heterocycles. The summed E-state index contributed by atoms with van der Waals surface area (Å²) in [6.07, 6.45) is 3.32. The Kier molecular flexibility index (Phi) is 8.42. The van der Waals surface area contributed by atoms with Gasteiger partial charge in [0.05, 0.1) is 5.75 Å². The summed E-state index contributed by atoms with van der Waals surface area (Å²) in [6.45, 7) is 6.47. The predicted molar refractivity (Wildman–Crippen MR) is 70.5 cm³/mol. The van der Waals surface area contributed by atoms with Gasteiger partial charge >= 0.3 is 0 Å². The van der Waals surface area contributed by atoms with E-state index in [1.165, 1.54) is 0 Å². The number of sulfonamides is 1. The average molecular weight is 270 g/mol. The SMILES string of the molecule is CCCCS(=O)(=O)N(CCCl)C(CC)CC. The van der Waals surface area contributed by atoms with Crippen molar-refractivity contribution in [1.82, 2.24) is 4.31 Å². The Morgan fingerprint density at radius 1 is 1.19 bits per heavy atom. The second-order valence-electron chi connectivity index (χ2n) is 3.94. The zero-order chi connectivity index (χ0) is 12.6. The quantitative estimate of drug-likeness (QED) is 0.604. The Morgan fingerprint density at radius 2 is 1.75 bits per heavy atom. The average Bonchev–Trinajstić information content (AvgIpc) is 2.27. The molecule has 5 heteroatoms. The van der Waals surface area contributed by atoms with Gasteiger partial charge in [0, 0.05) is 18.5 Å². The van der Waals surface area contributed by atoms with Gasteiger partial charge in [-0.2, -0.15) is 4.31 Å². The van der Waals surface area contributed by atoms with Gasteiger partial charge in [0.2, 0.25) is 10.0 Å². The van der Waals surface area contributed by atoms with E-state index in [1.54, 1.807) is 4.31 Å². The summed E-state index contributed by atoms with van der Waals surface area (Å²) in [5.41, 5.74) is 0. The van der Waals surface area contributed by atoms with Crippen LogP contribution in [0.3, 0.4) is 0 Å². The maximum Gasteiger partial charge on any atom is 0.214 e. The highest BCUT2D eigenvalue weighted by Gasteiger charge is 2.26. The fraction of sp³-hybridized carbons (Fsp3) is 1.00. The zero-order valence-electron chi connectivity index (χ0n) is 10.6. The Morgan fingerprint density at radius 3 is 2.12 bits per heavy atom. The van der Waals surface area contributed by atoms with E-state index in [1.807, 2.05) is 20.8 Å². The molecule has 0 N–H and O–H groups in total. The molecular formula is C11H24ClNO2S. The van der Waals surface area contributed by atoms with Gasteiger partial charge in [0.15, 0.2) is 0 Å². The van der Waals surface area contributed by atoms with Crippen molar-refractivity contribution < 1.29 is 8.42 Å². The first-order valence-corrected chi connectivity index (χ1v) is 8.23. The van der Waals surface area contributed by atoms with Crippen LogP contribution in [0.2, 0.25) is 0 Å². The van der Waals surface area contributed by atoms with Gasteiger partial charge < -0.3 is 0 Å². The van der Waals surface area contributed by atoms with Crippen molar-refractivity contribution in [3.05, 3.63) is 0 Å². The Balaban J connectivity index is 4.73. The summed E-state index contributed by atoms with van der Waals surface area (Å²) in [4.78, 5) is 0. The van der Waals surface area contributed by atoms with Gasteiger partial charge in [0.1, 0.15) is 0 Å². The van der Waals surface area contributed by atoms with Crippen LogP contribution in [0.1, 0.15) is 46.5 Å². The van der Waals surface area contributed by atoms with E-state index in [9.17, 15) is 8.42 Å². The smallest absolute Gasteiger partial charge is 0.212 e. The van der Waals surface area contributed by atoms with Crippen molar-refractivity contribution in [1.29, 1.82) is 0 Å². The molecule has 0 fully saturated rings. The number of rotatable bonds is 9. The third kappa shape index (κ3) is 5.02. The van der Waals surface area contributed by atoms with Crippen LogP contribution in [0.25, 0.3) is 0 Å². The summed E-state index contributed by atoms with van der Waals surface area (Å²) < 4.78 is 25.8. The lowest BCUT2D eigenvalue weighted by Gasteiger charge is -2.28. The van der Waals surface area contributed by atoms with Crippen molar-refractivity contribution in [3.63, 3.8) is 0 Å². The number of hydrogen-bond donors (Lipinski definition) is 0. The third-order valence-electron chi connectivity index (χ3n) is 2.77. The highest BCUT2D eigenvalue weighted by molar-refractivity contribution is 7.89. The highest BCUT2D eigenvalue weighted by atomic mass is 35.5. The molecule has 0 atom stereocenters. The lowest BCUT2D eigenvalue weighted by Crippen LogP contribution is -2.42. The number of nitrogens with zero attached hydrogens (tertiary/aromatic N) is 1. The lowest BCUT2D eigenvalue weighted by atomic mass is 10.2. The van der Waals surface area contributed by atoms with Crippen molar-refractivity contribution >= 4 is 21.6 Å². The molecule has 98 valence electrons. The minimum Gasteiger partial charge on any atom is -0.212 e. The van der Waals surface area contributed by atoms with Gasteiger partial charge in [-0.3, -0.25) is 0 Å². The van der Waals surface area contributed by atoms with Crippen LogP contribution >= 0.6 is 11.6 Å². The molecule has 0 amide bonds. The van der Waals surface area contributed by atoms with Crippen LogP contribution in [0.5, 0.6) is 0 Å². The van der Waals surface area contributed by atoms with Gasteiger partial charge in [-0.15, -0.1) is 11.6 Å². The minimum atomic E-state index is -3.12. The summed E-state index contributed by atoms with van der Waals surface area (Å²) in [5.74, 6) is 0.610. The third-order valence-corrected chi connectivity index (χ3v) is 4.94. The largest absolute Gasteiger partial charge is 0.214 e. The van der Waals surface area contributed by atoms with Crippen LogP contribution < -0.4 is 0 Å². The number of unbranched alkanes of at least 4 members (excludes halogenated alkanes) is 1. The Bertz CT molecular complexity index is 263. The summed E-state index contributed by atoms with van der Waals surface area (Å²) >= 11 is 5.69. The first kappa shape index (κ1) is 16.2. The molecule has 0 bridgehead atoms. The maximum absolute atomic E-state index is 12.1. The molecule has 0 aliphatic rings. The molecule has 0 radical (unpaired) electrons. The molecule has 0 saturated carbocycles. The minimum absolute atomic E-state index is 0.0978. The van der Waals surface area contributed by atoms with Crippen molar-refractivity contribution in [3.8, 4) is 0 Å². The molecular weight excluding hydrogens is 246 g/mol. The van der Waals surface area contributed by atoms with Crippen LogP contribution in [0, 0.1) is 0 Å². The fourth-order valence-electron chi connectivity index (χ4n) is 1.77. The van der Waals surface area contributed by atoms with Crippen molar-refractivity contribution in [2.45, 2.75) is 52.5 Å². The predicted octanol–water partition coefficient (Wildman–Crippen LogP) is 2.85. The molecule has 0 heterocycles. The van der Waals surface area contributed by atoms with E-state index >= 15 is 0 Å². The fourth-order valence-corrected chi connectivity index (χ4v) is 4.06. The molecule has 0 aromatic heterocycles. The highest BCUT2D eigenvalue weighted by Crippen LogP contribution is 2.15. The second-order valence-corrected chi connectivity index (χ2v) is 6.36. The van der Waals surface area contributed by atoms with Gasteiger partial charge in [-0.1, -0.05) is 27.2 Å². The summed E-state index contributed by atoms with van der Waals surface area (Å²) in [7, 11) is -3.12. The monoisotopic (exact) mass is 269 g/mol. The Hall–Kier alpha value is 0.200. The topological polar surface area (TPSA) is 37.4 Å². The number of alkyl halides is 1. The normalized spacial score (nSPS) is 12.6. The first-order valence-electron chi connectivity index (χ1n) is 6.08. The molecule has 0 aliphatic heterocycles. The van der Waals surface area contributed by atoms with Gasteiger partial charge in [-0.25, -0.2) is 8.42 Å². The maximum atomic E-state index is 12.1. The standard InChI is InChI=1S/C11H24ClNO2S/c1-4-7-10-16(14,15)13(9-8-12)11(5-2)6-3/h11H,4-10H2,1-3H3. The van der Waals surface area contributed by atoms with Crippen LogP contribution in [0.4, 0.5) is 0 Å².